The topological polar surface area (TPSA) is 26.3 Å². The molecule has 0 N–H and O–H groups in total. The van der Waals surface area contributed by atoms with Crippen molar-refractivity contribution in [2.75, 3.05) is 5.33 Å². The summed E-state index contributed by atoms with van der Waals surface area (Å²) in [7, 11) is 0. The second-order valence-corrected chi connectivity index (χ2v) is 2.93. The van der Waals surface area contributed by atoms with Gasteiger partial charge in [-0.1, -0.05) is 22.9 Å². The van der Waals surface area contributed by atoms with Gasteiger partial charge in [0.2, 0.25) is 0 Å². The summed E-state index contributed by atoms with van der Waals surface area (Å²) in [6.07, 6.45) is 1.55. The van der Waals surface area contributed by atoms with Crippen molar-refractivity contribution in [3.8, 4) is 0 Å². The average molecular weight is 230 g/mol. The van der Waals surface area contributed by atoms with Crippen LogP contribution in [0.1, 0.15) is 19.8 Å². The summed E-state index contributed by atoms with van der Waals surface area (Å²) >= 11 is 8.13. The quantitative estimate of drug-likeness (QED) is 0.693. The maximum atomic E-state index is 10.8. The molecule has 0 spiro atoms. The Hall–Kier alpha value is 0.240. The van der Waals surface area contributed by atoms with Crippen LogP contribution in [-0.2, 0) is 9.08 Å². The van der Waals surface area contributed by atoms with Crippen LogP contribution < -0.4 is 0 Å². The maximum absolute atomic E-state index is 10.8. The van der Waals surface area contributed by atoms with Gasteiger partial charge in [0, 0.05) is 5.33 Å². The van der Waals surface area contributed by atoms with Gasteiger partial charge in [-0.15, -0.1) is 0 Å². The van der Waals surface area contributed by atoms with Gasteiger partial charge in [0.1, 0.15) is 11.9 Å². The van der Waals surface area contributed by atoms with Gasteiger partial charge in [-0.25, -0.2) is 0 Å². The summed E-state index contributed by atoms with van der Waals surface area (Å²) in [5.74, 6) is -0.388. The minimum atomic E-state index is -0.330. The van der Waals surface area contributed by atoms with Crippen molar-refractivity contribution in [1.29, 1.82) is 0 Å². The molecule has 0 amide bonds. The maximum Gasteiger partial charge on any atom is 0.327 e. The molecule has 1 unspecified atom stereocenters. The lowest BCUT2D eigenvalue weighted by molar-refractivity contribution is -0.138. The molecule has 0 aliphatic heterocycles. The molecule has 0 radical (unpaired) electrons. The molecule has 0 aliphatic rings. The number of halogens is 2. The molecule has 1 atom stereocenters. The van der Waals surface area contributed by atoms with Crippen LogP contribution in [0.4, 0.5) is 0 Å². The van der Waals surface area contributed by atoms with Crippen molar-refractivity contribution >= 4 is 33.8 Å². The van der Waals surface area contributed by atoms with Crippen molar-refractivity contribution in [2.24, 2.45) is 5.92 Å². The lowest BCUT2D eigenvalue weighted by Gasteiger charge is -2.07. The minimum absolute atomic E-state index is 0.0584. The molecule has 0 rings (SSSR count). The fourth-order valence-corrected chi connectivity index (χ4v) is 1.36. The van der Waals surface area contributed by atoms with Crippen LogP contribution in [0.3, 0.4) is 0 Å². The zero-order valence-electron chi connectivity index (χ0n) is 5.77. The first-order valence-electron chi connectivity index (χ1n) is 3.14. The van der Waals surface area contributed by atoms with Crippen molar-refractivity contribution in [3.05, 3.63) is 0 Å². The van der Waals surface area contributed by atoms with Gasteiger partial charge in [-0.3, -0.25) is 4.79 Å². The Morgan fingerprint density at radius 2 is 2.40 bits per heavy atom. The van der Waals surface area contributed by atoms with E-state index in [0.717, 1.165) is 18.2 Å². The Kier molecular flexibility index (Phi) is 6.13. The molecule has 0 aliphatic carbocycles. The standard InChI is InChI=1S/C6H10BrClO2/c1-2-5(3-4-7)6(9)10-8/h5H,2-4H2,1H3. The molecule has 0 aromatic heterocycles. The first kappa shape index (κ1) is 10.2. The summed E-state index contributed by atoms with van der Waals surface area (Å²) < 4.78 is 4.07. The van der Waals surface area contributed by atoms with Gasteiger partial charge in [0.05, 0.1) is 5.92 Å². The van der Waals surface area contributed by atoms with Gasteiger partial charge >= 0.3 is 5.97 Å². The third-order valence-corrected chi connectivity index (χ3v) is 1.97. The zero-order chi connectivity index (χ0) is 7.98. The highest BCUT2D eigenvalue weighted by molar-refractivity contribution is 9.09. The number of hydrogen-bond acceptors (Lipinski definition) is 2. The lowest BCUT2D eigenvalue weighted by Crippen LogP contribution is -2.13. The Balaban J connectivity index is 3.68. The largest absolute Gasteiger partial charge is 0.347 e. The molecule has 10 heavy (non-hydrogen) atoms. The van der Waals surface area contributed by atoms with E-state index in [-0.39, 0.29) is 11.9 Å². The predicted octanol–water partition coefficient (Wildman–Crippen LogP) is 2.49. The number of alkyl halides is 1. The zero-order valence-corrected chi connectivity index (χ0v) is 8.11. The van der Waals surface area contributed by atoms with Crippen molar-refractivity contribution in [2.45, 2.75) is 19.8 Å². The Morgan fingerprint density at radius 1 is 1.80 bits per heavy atom. The van der Waals surface area contributed by atoms with E-state index in [9.17, 15) is 4.79 Å². The Bertz CT molecular complexity index is 108. The van der Waals surface area contributed by atoms with Crippen LogP contribution in [0.25, 0.3) is 0 Å². The van der Waals surface area contributed by atoms with E-state index in [1.165, 1.54) is 0 Å². The number of hydrogen-bond donors (Lipinski definition) is 0. The number of carbonyl (C=O) groups excluding carboxylic acids is 1. The third kappa shape index (κ3) is 3.42. The van der Waals surface area contributed by atoms with E-state index in [1.807, 2.05) is 6.92 Å². The van der Waals surface area contributed by atoms with Crippen LogP contribution in [-0.4, -0.2) is 11.3 Å². The van der Waals surface area contributed by atoms with Crippen LogP contribution in [0, 0.1) is 5.92 Å². The molecule has 0 saturated carbocycles. The highest BCUT2D eigenvalue weighted by atomic mass is 79.9. The van der Waals surface area contributed by atoms with Crippen molar-refractivity contribution in [3.63, 3.8) is 0 Å². The first-order valence-corrected chi connectivity index (χ1v) is 4.57. The second kappa shape index (κ2) is 5.98. The van der Waals surface area contributed by atoms with Crippen LogP contribution in [0.2, 0.25) is 0 Å². The molecule has 0 aromatic rings. The number of rotatable bonds is 4. The van der Waals surface area contributed by atoms with E-state index in [1.54, 1.807) is 0 Å². The summed E-state index contributed by atoms with van der Waals surface area (Å²) in [5.41, 5.74) is 0. The van der Waals surface area contributed by atoms with E-state index >= 15 is 0 Å². The molecule has 0 bridgehead atoms. The van der Waals surface area contributed by atoms with E-state index in [2.05, 4.69) is 20.2 Å². The minimum Gasteiger partial charge on any atom is -0.347 e. The van der Waals surface area contributed by atoms with Gasteiger partial charge in [-0.2, -0.15) is 0 Å². The molecule has 2 nitrogen and oxygen atoms in total. The first-order chi connectivity index (χ1) is 4.76. The molecule has 0 fully saturated rings. The smallest absolute Gasteiger partial charge is 0.327 e. The number of carbonyl (C=O) groups is 1. The Morgan fingerprint density at radius 3 is 2.70 bits per heavy atom. The van der Waals surface area contributed by atoms with E-state index in [4.69, 9.17) is 11.9 Å². The van der Waals surface area contributed by atoms with Gasteiger partial charge in [-0.05, 0) is 12.8 Å². The molecular weight excluding hydrogens is 219 g/mol. The molecule has 60 valence electrons. The van der Waals surface area contributed by atoms with Gasteiger partial charge in [0.15, 0.2) is 0 Å². The van der Waals surface area contributed by atoms with Crippen molar-refractivity contribution in [1.82, 2.24) is 0 Å². The Labute approximate surface area is 74.2 Å². The monoisotopic (exact) mass is 228 g/mol. The average Bonchev–Trinajstić information content (AvgIpc) is 1.99. The highest BCUT2D eigenvalue weighted by Gasteiger charge is 2.16. The summed E-state index contributed by atoms with van der Waals surface area (Å²) in [6, 6.07) is 0. The second-order valence-electron chi connectivity index (χ2n) is 1.98. The van der Waals surface area contributed by atoms with Gasteiger partial charge < -0.3 is 4.29 Å². The van der Waals surface area contributed by atoms with E-state index < -0.39 is 0 Å². The molecule has 0 aromatic carbocycles. The molecule has 4 heteroatoms. The van der Waals surface area contributed by atoms with Crippen LogP contribution in [0.5, 0.6) is 0 Å². The molecule has 0 heterocycles. The lowest BCUT2D eigenvalue weighted by atomic mass is 10.0. The molecule has 0 saturated heterocycles. The molecular formula is C6H10BrClO2. The SMILES string of the molecule is CCC(CCBr)C(=O)OCl. The fraction of sp³-hybridized carbons (Fsp3) is 0.833. The summed E-state index contributed by atoms with van der Waals surface area (Å²) in [6.45, 7) is 1.93. The van der Waals surface area contributed by atoms with E-state index in [0.29, 0.717) is 0 Å². The third-order valence-electron chi connectivity index (χ3n) is 1.36. The van der Waals surface area contributed by atoms with Crippen LogP contribution >= 0.6 is 27.8 Å². The van der Waals surface area contributed by atoms with Crippen molar-refractivity contribution < 1.29 is 9.08 Å². The normalized spacial score (nSPS) is 12.7. The van der Waals surface area contributed by atoms with Crippen LogP contribution in [0.15, 0.2) is 0 Å². The fourth-order valence-electron chi connectivity index (χ4n) is 0.683. The highest BCUT2D eigenvalue weighted by Crippen LogP contribution is 2.12. The summed E-state index contributed by atoms with van der Waals surface area (Å²) in [4.78, 5) is 10.8. The summed E-state index contributed by atoms with van der Waals surface area (Å²) in [5, 5.41) is 0.803. The van der Waals surface area contributed by atoms with Gasteiger partial charge in [0.25, 0.3) is 0 Å². The predicted molar refractivity (Wildman–Crippen MR) is 44.1 cm³/mol.